The van der Waals surface area contributed by atoms with Crippen LogP contribution in [0.3, 0.4) is 0 Å². The first kappa shape index (κ1) is 20.5. The fourth-order valence-electron chi connectivity index (χ4n) is 3.77. The van der Waals surface area contributed by atoms with Gasteiger partial charge in [0, 0.05) is 51.5 Å². The van der Waals surface area contributed by atoms with E-state index in [0.717, 1.165) is 62.3 Å². The number of benzene rings is 1. The molecule has 1 aliphatic heterocycles. The molecule has 0 atom stereocenters. The van der Waals surface area contributed by atoms with Crippen LogP contribution in [0.15, 0.2) is 46.8 Å². The van der Waals surface area contributed by atoms with E-state index < -0.39 is 0 Å². The molecular formula is C24H27ClN4O. The average Bonchev–Trinajstić information content (AvgIpc) is 3.35. The summed E-state index contributed by atoms with van der Waals surface area (Å²) < 4.78 is 5.64. The molecule has 0 amide bonds. The van der Waals surface area contributed by atoms with Crippen molar-refractivity contribution in [3.8, 4) is 0 Å². The smallest absolute Gasteiger partial charge is 0.146 e. The van der Waals surface area contributed by atoms with E-state index in [-0.39, 0.29) is 0 Å². The van der Waals surface area contributed by atoms with E-state index in [1.165, 1.54) is 5.56 Å². The van der Waals surface area contributed by atoms with Crippen LogP contribution in [-0.2, 0) is 11.3 Å². The minimum atomic E-state index is 0.368. The average molecular weight is 423 g/mol. The van der Waals surface area contributed by atoms with Crippen molar-refractivity contribution < 1.29 is 4.74 Å². The summed E-state index contributed by atoms with van der Waals surface area (Å²) in [7, 11) is 1.68. The van der Waals surface area contributed by atoms with E-state index in [1.807, 2.05) is 30.4 Å². The van der Waals surface area contributed by atoms with Crippen LogP contribution in [0.2, 0.25) is 5.02 Å². The summed E-state index contributed by atoms with van der Waals surface area (Å²) in [6, 6.07) is 8.41. The topological polar surface area (TPSA) is 65.2 Å². The number of nitrogens with zero attached hydrogens (tertiary/aromatic N) is 1. The number of ether oxygens (including phenoxy) is 1. The predicted molar refractivity (Wildman–Crippen MR) is 125 cm³/mol. The number of aromatic nitrogens is 2. The predicted octanol–water partition coefficient (Wildman–Crippen LogP) is 5.64. The standard InChI is InChI=1S/C24H27ClN4O/c1-13(2)26-12-18-17-9-16(25)6-7-19(17)29-24(18)22-11-23(30-5)21(28-22)10-20-14(3)8-15(4)27-20/h6-11,13,26-27,29H,12H2,1-5H3/b21-10-. The molecule has 4 rings (SSSR count). The van der Waals surface area contributed by atoms with Crippen molar-refractivity contribution in [2.75, 3.05) is 7.11 Å². The molecule has 0 unspecified atom stereocenters. The van der Waals surface area contributed by atoms with Crippen molar-refractivity contribution in [1.82, 2.24) is 15.3 Å². The van der Waals surface area contributed by atoms with Gasteiger partial charge in [0.2, 0.25) is 0 Å². The summed E-state index contributed by atoms with van der Waals surface area (Å²) in [5.41, 5.74) is 8.18. The van der Waals surface area contributed by atoms with Gasteiger partial charge in [-0.1, -0.05) is 25.4 Å². The molecule has 5 nitrogen and oxygen atoms in total. The van der Waals surface area contributed by atoms with E-state index in [4.69, 9.17) is 21.3 Å². The van der Waals surface area contributed by atoms with Crippen LogP contribution in [-0.4, -0.2) is 28.8 Å². The zero-order valence-electron chi connectivity index (χ0n) is 18.0. The van der Waals surface area contributed by atoms with Gasteiger partial charge in [0.25, 0.3) is 0 Å². The van der Waals surface area contributed by atoms with Gasteiger partial charge < -0.3 is 20.0 Å². The minimum absolute atomic E-state index is 0.368. The van der Waals surface area contributed by atoms with Gasteiger partial charge in [0.1, 0.15) is 11.5 Å². The van der Waals surface area contributed by atoms with Crippen LogP contribution in [0.1, 0.15) is 42.1 Å². The molecule has 0 spiro atoms. The lowest BCUT2D eigenvalue weighted by atomic mass is 10.1. The number of H-pyrrole nitrogens is 2. The maximum Gasteiger partial charge on any atom is 0.146 e. The van der Waals surface area contributed by atoms with E-state index in [0.29, 0.717) is 6.04 Å². The Kier molecular flexibility index (Phi) is 5.58. The van der Waals surface area contributed by atoms with E-state index in [1.54, 1.807) is 7.11 Å². The van der Waals surface area contributed by atoms with Crippen molar-refractivity contribution in [3.05, 3.63) is 75.0 Å². The SMILES string of the molecule is COC1=CC(c2[nH]c3ccc(Cl)cc3c2CNC(C)C)=N/C1=C\c1[nH]c(C)cc1C. The Labute approximate surface area is 181 Å². The number of hydrogen-bond donors (Lipinski definition) is 3. The Bertz CT molecular complexity index is 1190. The molecule has 1 aromatic carbocycles. The van der Waals surface area contributed by atoms with Crippen molar-refractivity contribution in [1.29, 1.82) is 0 Å². The third-order valence-corrected chi connectivity index (χ3v) is 5.50. The Balaban J connectivity index is 1.82. The molecule has 3 N–H and O–H groups in total. The van der Waals surface area contributed by atoms with Crippen LogP contribution in [0, 0.1) is 13.8 Å². The number of allylic oxidation sites excluding steroid dienone is 1. The lowest BCUT2D eigenvalue weighted by Crippen LogP contribution is -2.22. The number of hydrogen-bond acceptors (Lipinski definition) is 3. The van der Waals surface area contributed by atoms with Crippen LogP contribution < -0.4 is 5.32 Å². The molecular weight excluding hydrogens is 396 g/mol. The number of fused-ring (bicyclic) bond motifs is 1. The summed E-state index contributed by atoms with van der Waals surface area (Å²) in [5, 5.41) is 5.35. The second-order valence-electron chi connectivity index (χ2n) is 7.99. The van der Waals surface area contributed by atoms with Crippen molar-refractivity contribution in [3.63, 3.8) is 0 Å². The number of aryl methyl sites for hydroxylation is 2. The highest BCUT2D eigenvalue weighted by Crippen LogP contribution is 2.31. The second-order valence-corrected chi connectivity index (χ2v) is 8.43. The third kappa shape index (κ3) is 3.95. The summed E-state index contributed by atoms with van der Waals surface area (Å²) in [6.45, 7) is 9.13. The van der Waals surface area contributed by atoms with Crippen LogP contribution in [0.4, 0.5) is 0 Å². The lowest BCUT2D eigenvalue weighted by Gasteiger charge is -2.09. The number of halogens is 1. The van der Waals surface area contributed by atoms with E-state index in [2.05, 4.69) is 49.0 Å². The fraction of sp³-hybridized carbons (Fsp3) is 0.292. The molecule has 0 saturated carbocycles. The van der Waals surface area contributed by atoms with Crippen molar-refractivity contribution >= 4 is 34.3 Å². The Morgan fingerprint density at radius 3 is 2.67 bits per heavy atom. The Morgan fingerprint density at radius 2 is 2.00 bits per heavy atom. The molecule has 6 heteroatoms. The van der Waals surface area contributed by atoms with Gasteiger partial charge in [-0.3, -0.25) is 0 Å². The van der Waals surface area contributed by atoms with Gasteiger partial charge in [0.05, 0.1) is 18.5 Å². The van der Waals surface area contributed by atoms with E-state index >= 15 is 0 Å². The molecule has 0 aliphatic carbocycles. The van der Waals surface area contributed by atoms with Gasteiger partial charge in [-0.15, -0.1) is 0 Å². The first-order valence-corrected chi connectivity index (χ1v) is 10.5. The van der Waals surface area contributed by atoms with Crippen LogP contribution >= 0.6 is 11.6 Å². The molecule has 1 aliphatic rings. The van der Waals surface area contributed by atoms with Gasteiger partial charge in [0.15, 0.2) is 0 Å². The molecule has 3 heterocycles. The zero-order chi connectivity index (χ0) is 21.4. The van der Waals surface area contributed by atoms with Gasteiger partial charge in [-0.25, -0.2) is 4.99 Å². The summed E-state index contributed by atoms with van der Waals surface area (Å²) >= 11 is 6.29. The quantitative estimate of drug-likeness (QED) is 0.481. The lowest BCUT2D eigenvalue weighted by molar-refractivity contribution is 0.303. The minimum Gasteiger partial charge on any atom is -0.494 e. The van der Waals surface area contributed by atoms with Crippen molar-refractivity contribution in [2.24, 2.45) is 4.99 Å². The fourth-order valence-corrected chi connectivity index (χ4v) is 3.95. The monoisotopic (exact) mass is 422 g/mol. The molecule has 30 heavy (non-hydrogen) atoms. The summed E-state index contributed by atoms with van der Waals surface area (Å²) in [4.78, 5) is 11.8. The maximum atomic E-state index is 6.29. The molecule has 156 valence electrons. The Morgan fingerprint density at radius 1 is 1.20 bits per heavy atom. The maximum absolute atomic E-state index is 6.29. The highest BCUT2D eigenvalue weighted by molar-refractivity contribution is 6.31. The number of nitrogens with one attached hydrogen (secondary N) is 3. The molecule has 0 bridgehead atoms. The summed E-state index contributed by atoms with van der Waals surface area (Å²) in [6.07, 6.45) is 4.03. The highest BCUT2D eigenvalue weighted by Gasteiger charge is 2.22. The first-order chi connectivity index (χ1) is 14.4. The van der Waals surface area contributed by atoms with Crippen molar-refractivity contribution in [2.45, 2.75) is 40.3 Å². The number of rotatable bonds is 6. The first-order valence-electron chi connectivity index (χ1n) is 10.1. The number of methoxy groups -OCH3 is 1. The Hall–Kier alpha value is -2.76. The zero-order valence-corrected chi connectivity index (χ0v) is 18.7. The van der Waals surface area contributed by atoms with Crippen LogP contribution in [0.5, 0.6) is 0 Å². The molecule has 0 radical (unpaired) electrons. The van der Waals surface area contributed by atoms with Gasteiger partial charge in [-0.05, 0) is 49.8 Å². The molecule has 0 saturated heterocycles. The van der Waals surface area contributed by atoms with Gasteiger partial charge >= 0.3 is 0 Å². The largest absolute Gasteiger partial charge is 0.494 e. The van der Waals surface area contributed by atoms with E-state index in [9.17, 15) is 0 Å². The normalized spacial score (nSPS) is 15.4. The summed E-state index contributed by atoms with van der Waals surface area (Å²) in [5.74, 6) is 0.746. The molecule has 2 aromatic heterocycles. The van der Waals surface area contributed by atoms with Gasteiger partial charge in [-0.2, -0.15) is 0 Å². The molecule has 3 aromatic rings. The van der Waals surface area contributed by atoms with Crippen LogP contribution in [0.25, 0.3) is 17.0 Å². The second kappa shape index (κ2) is 8.17. The number of aliphatic imine (C=N–C) groups is 1. The number of aromatic amines is 2. The highest BCUT2D eigenvalue weighted by atomic mass is 35.5. The molecule has 0 fully saturated rings. The third-order valence-electron chi connectivity index (χ3n) is 5.26.